The molecular formula is C17H16FN7. The third kappa shape index (κ3) is 2.34. The Labute approximate surface area is 143 Å². The van der Waals surface area contributed by atoms with Crippen molar-refractivity contribution >= 4 is 17.0 Å². The quantitative estimate of drug-likeness (QED) is 0.621. The molecule has 0 aliphatic rings. The van der Waals surface area contributed by atoms with Gasteiger partial charge in [0.15, 0.2) is 0 Å². The van der Waals surface area contributed by atoms with E-state index in [1.54, 1.807) is 25.4 Å². The summed E-state index contributed by atoms with van der Waals surface area (Å²) in [5, 5.41) is 4.13. The molecule has 1 aromatic carbocycles. The lowest BCUT2D eigenvalue weighted by molar-refractivity contribution is 0.619. The van der Waals surface area contributed by atoms with Gasteiger partial charge in [-0.3, -0.25) is 4.98 Å². The van der Waals surface area contributed by atoms with Gasteiger partial charge in [-0.1, -0.05) is 12.1 Å². The van der Waals surface area contributed by atoms with Gasteiger partial charge in [0.25, 0.3) is 0 Å². The molecule has 3 heterocycles. The van der Waals surface area contributed by atoms with E-state index in [0.717, 1.165) is 16.6 Å². The van der Waals surface area contributed by atoms with Crippen molar-refractivity contribution in [2.45, 2.75) is 20.4 Å². The summed E-state index contributed by atoms with van der Waals surface area (Å²) in [4.78, 5) is 12.8. The van der Waals surface area contributed by atoms with E-state index in [1.807, 2.05) is 17.6 Å². The Morgan fingerprint density at radius 3 is 2.76 bits per heavy atom. The van der Waals surface area contributed by atoms with Crippen molar-refractivity contribution in [2.75, 3.05) is 5.73 Å². The molecule has 0 aliphatic heterocycles. The van der Waals surface area contributed by atoms with Gasteiger partial charge < -0.3 is 10.3 Å². The highest BCUT2D eigenvalue weighted by atomic mass is 19.1. The van der Waals surface area contributed by atoms with Crippen LogP contribution in [-0.4, -0.2) is 29.3 Å². The van der Waals surface area contributed by atoms with E-state index >= 15 is 0 Å². The second-order valence-corrected chi connectivity index (χ2v) is 5.70. The molecule has 0 fully saturated rings. The van der Waals surface area contributed by atoms with Gasteiger partial charge in [0.05, 0.1) is 11.7 Å². The van der Waals surface area contributed by atoms with Crippen LogP contribution in [0.2, 0.25) is 0 Å². The first kappa shape index (κ1) is 15.3. The molecule has 0 bridgehead atoms. The highest BCUT2D eigenvalue weighted by Gasteiger charge is 2.18. The van der Waals surface area contributed by atoms with Crippen LogP contribution in [0.15, 0.2) is 36.9 Å². The fraction of sp³-hybridized carbons (Fsp3) is 0.176. The number of fused-ring (bicyclic) bond motifs is 1. The zero-order valence-corrected chi connectivity index (χ0v) is 13.8. The number of hydrogen-bond acceptors (Lipinski definition) is 5. The van der Waals surface area contributed by atoms with E-state index in [2.05, 4.69) is 20.1 Å². The number of nitrogens with two attached hydrogens (primary N) is 1. The van der Waals surface area contributed by atoms with Crippen LogP contribution in [0.3, 0.4) is 0 Å². The number of imidazole rings is 1. The number of halogens is 1. The number of rotatable bonds is 3. The lowest BCUT2D eigenvalue weighted by atomic mass is 10.0. The molecule has 3 aromatic heterocycles. The minimum Gasteiger partial charge on any atom is -0.368 e. The van der Waals surface area contributed by atoms with Gasteiger partial charge in [0, 0.05) is 18.3 Å². The Hall–Kier alpha value is -3.29. The van der Waals surface area contributed by atoms with Crippen molar-refractivity contribution in [3.8, 4) is 17.1 Å². The molecule has 0 aliphatic carbocycles. The summed E-state index contributed by atoms with van der Waals surface area (Å²) < 4.78 is 17.5. The number of aryl methyl sites for hydroxylation is 2. The highest BCUT2D eigenvalue weighted by molar-refractivity contribution is 5.92. The second-order valence-electron chi connectivity index (χ2n) is 5.70. The van der Waals surface area contributed by atoms with E-state index in [-0.39, 0.29) is 11.8 Å². The van der Waals surface area contributed by atoms with Crippen molar-refractivity contribution in [3.63, 3.8) is 0 Å². The number of nitrogens with zero attached hydrogens (tertiary/aromatic N) is 6. The number of benzene rings is 1. The number of pyridine rings is 1. The maximum Gasteiger partial charge on any atom is 0.235 e. The fourth-order valence-corrected chi connectivity index (χ4v) is 2.91. The summed E-state index contributed by atoms with van der Waals surface area (Å²) in [6, 6.07) is 5.15. The van der Waals surface area contributed by atoms with Gasteiger partial charge in [0.2, 0.25) is 11.9 Å². The smallest absolute Gasteiger partial charge is 0.235 e. The number of anilines is 1. The van der Waals surface area contributed by atoms with Gasteiger partial charge in [-0.15, -0.1) is 0 Å². The van der Waals surface area contributed by atoms with Gasteiger partial charge in [-0.25, -0.2) is 9.37 Å². The van der Waals surface area contributed by atoms with Crippen LogP contribution < -0.4 is 5.73 Å². The Bertz CT molecular complexity index is 1080. The van der Waals surface area contributed by atoms with Gasteiger partial charge >= 0.3 is 0 Å². The predicted molar refractivity (Wildman–Crippen MR) is 92.7 cm³/mol. The number of nitrogen functional groups attached to an aromatic ring is 1. The van der Waals surface area contributed by atoms with Crippen LogP contribution in [0.25, 0.3) is 28.1 Å². The van der Waals surface area contributed by atoms with E-state index < -0.39 is 0 Å². The zero-order valence-electron chi connectivity index (χ0n) is 13.8. The molecule has 0 saturated heterocycles. The highest BCUT2D eigenvalue weighted by Crippen LogP contribution is 2.30. The Kier molecular flexibility index (Phi) is 3.45. The minimum atomic E-state index is -0.252. The van der Waals surface area contributed by atoms with Crippen LogP contribution in [0.1, 0.15) is 12.5 Å². The Morgan fingerprint density at radius 2 is 2.08 bits per heavy atom. The molecule has 4 aromatic rings. The fourth-order valence-electron chi connectivity index (χ4n) is 2.91. The monoisotopic (exact) mass is 337 g/mol. The van der Waals surface area contributed by atoms with E-state index in [0.29, 0.717) is 23.6 Å². The molecule has 0 amide bonds. The predicted octanol–water partition coefficient (Wildman–Crippen LogP) is 2.73. The van der Waals surface area contributed by atoms with Crippen LogP contribution in [0.5, 0.6) is 0 Å². The van der Waals surface area contributed by atoms with Crippen molar-refractivity contribution in [2.24, 2.45) is 0 Å². The first-order valence-corrected chi connectivity index (χ1v) is 7.86. The maximum atomic E-state index is 14.0. The van der Waals surface area contributed by atoms with Crippen molar-refractivity contribution in [3.05, 3.63) is 48.3 Å². The molecule has 126 valence electrons. The largest absolute Gasteiger partial charge is 0.368 e. The SMILES string of the molecule is CCn1c(-n2ncnc2N)nc2cncc(-c3ccc(C)c(F)c3)c21. The van der Waals surface area contributed by atoms with E-state index in [9.17, 15) is 4.39 Å². The molecule has 8 heteroatoms. The standard InChI is InChI=1S/C17H16FN7/c1-3-24-15-12(11-5-4-10(2)13(18)6-11)7-20-8-14(15)23-17(24)25-16(19)21-9-22-25/h4-9H,3H2,1-2H3,(H2,19,21,22). The van der Waals surface area contributed by atoms with E-state index in [1.165, 1.54) is 17.1 Å². The summed E-state index contributed by atoms with van der Waals surface area (Å²) >= 11 is 0. The molecule has 0 saturated carbocycles. The first-order valence-electron chi connectivity index (χ1n) is 7.86. The topological polar surface area (TPSA) is 87.4 Å². The average Bonchev–Trinajstić information content (AvgIpc) is 3.19. The van der Waals surface area contributed by atoms with Crippen LogP contribution in [-0.2, 0) is 6.54 Å². The summed E-state index contributed by atoms with van der Waals surface area (Å²) in [5.74, 6) is 0.549. The average molecular weight is 337 g/mol. The summed E-state index contributed by atoms with van der Waals surface area (Å²) in [5.41, 5.74) is 9.56. The summed E-state index contributed by atoms with van der Waals surface area (Å²) in [7, 11) is 0. The molecule has 25 heavy (non-hydrogen) atoms. The molecule has 0 atom stereocenters. The Balaban J connectivity index is 2.02. The molecule has 4 rings (SSSR count). The van der Waals surface area contributed by atoms with Crippen LogP contribution >= 0.6 is 0 Å². The van der Waals surface area contributed by atoms with Crippen LogP contribution in [0.4, 0.5) is 10.3 Å². The molecule has 0 unspecified atom stereocenters. The zero-order chi connectivity index (χ0) is 17.6. The maximum absolute atomic E-state index is 14.0. The second kappa shape index (κ2) is 5.66. The molecule has 2 N–H and O–H groups in total. The van der Waals surface area contributed by atoms with Gasteiger partial charge in [-0.05, 0) is 31.0 Å². The lowest BCUT2D eigenvalue weighted by Crippen LogP contribution is -2.10. The molecular weight excluding hydrogens is 321 g/mol. The minimum absolute atomic E-state index is 0.251. The van der Waals surface area contributed by atoms with Crippen molar-refractivity contribution < 1.29 is 4.39 Å². The van der Waals surface area contributed by atoms with E-state index in [4.69, 9.17) is 5.73 Å². The first-order chi connectivity index (χ1) is 12.1. The number of hydrogen-bond donors (Lipinski definition) is 1. The lowest BCUT2D eigenvalue weighted by Gasteiger charge is -2.10. The molecule has 7 nitrogen and oxygen atoms in total. The van der Waals surface area contributed by atoms with Gasteiger partial charge in [-0.2, -0.15) is 14.8 Å². The third-order valence-electron chi connectivity index (χ3n) is 4.19. The third-order valence-corrected chi connectivity index (χ3v) is 4.19. The van der Waals surface area contributed by atoms with Crippen molar-refractivity contribution in [1.82, 2.24) is 29.3 Å². The number of aromatic nitrogens is 6. The summed E-state index contributed by atoms with van der Waals surface area (Å²) in [6.45, 7) is 4.37. The van der Waals surface area contributed by atoms with Crippen molar-refractivity contribution in [1.29, 1.82) is 0 Å². The molecule has 0 radical (unpaired) electrons. The molecule has 0 spiro atoms. The normalized spacial score (nSPS) is 11.3. The van der Waals surface area contributed by atoms with Gasteiger partial charge in [0.1, 0.15) is 17.7 Å². The van der Waals surface area contributed by atoms with Crippen LogP contribution in [0, 0.1) is 12.7 Å². The summed E-state index contributed by atoms with van der Waals surface area (Å²) in [6.07, 6.45) is 4.77. The Morgan fingerprint density at radius 1 is 1.24 bits per heavy atom.